The van der Waals surface area contributed by atoms with Gasteiger partial charge in [0.2, 0.25) is 5.91 Å². The van der Waals surface area contributed by atoms with Gasteiger partial charge in [0, 0.05) is 4.88 Å². The van der Waals surface area contributed by atoms with Gasteiger partial charge in [-0.3, -0.25) is 14.5 Å². The fourth-order valence-corrected chi connectivity index (χ4v) is 6.22. The number of thiophene rings is 1. The van der Waals surface area contributed by atoms with Crippen molar-refractivity contribution in [1.82, 2.24) is 0 Å². The van der Waals surface area contributed by atoms with Crippen LogP contribution in [0.3, 0.4) is 0 Å². The lowest BCUT2D eigenvalue weighted by Crippen LogP contribution is -2.32. The normalized spacial score (nSPS) is 19.5. The zero-order valence-corrected chi connectivity index (χ0v) is 18.6. The van der Waals surface area contributed by atoms with Gasteiger partial charge in [-0.25, -0.2) is 9.79 Å². The van der Waals surface area contributed by atoms with E-state index in [9.17, 15) is 19.5 Å². The molecule has 1 amide bonds. The van der Waals surface area contributed by atoms with Gasteiger partial charge in [0.1, 0.15) is 10.3 Å². The van der Waals surface area contributed by atoms with Crippen molar-refractivity contribution < 1.29 is 24.2 Å². The molecule has 1 aliphatic heterocycles. The number of carboxylic acid groups (broad SMARTS) is 1. The molecule has 1 fully saturated rings. The Labute approximate surface area is 188 Å². The topological polar surface area (TPSA) is 96.3 Å². The van der Waals surface area contributed by atoms with E-state index in [0.717, 1.165) is 47.9 Å². The van der Waals surface area contributed by atoms with Crippen LogP contribution < -0.4 is 4.90 Å². The number of nitrogens with zero attached hydrogens (tertiary/aromatic N) is 2. The number of aliphatic carboxylic acids is 1. The molecule has 2 aromatic rings. The van der Waals surface area contributed by atoms with E-state index in [2.05, 4.69) is 0 Å². The zero-order valence-electron chi connectivity index (χ0n) is 17.0. The quantitative estimate of drug-likeness (QED) is 0.644. The summed E-state index contributed by atoms with van der Waals surface area (Å²) < 4.78 is 5.30. The van der Waals surface area contributed by atoms with Gasteiger partial charge >= 0.3 is 11.9 Å². The number of carbonyl (C=O) groups excluding carboxylic acids is 2. The van der Waals surface area contributed by atoms with Gasteiger partial charge in [0.05, 0.1) is 24.3 Å². The van der Waals surface area contributed by atoms with E-state index in [-0.39, 0.29) is 18.9 Å². The number of rotatable bonds is 6. The summed E-state index contributed by atoms with van der Waals surface area (Å²) in [6.45, 7) is 2.03. The number of aryl methyl sites for hydroxylation is 1. The lowest BCUT2D eigenvalue weighted by molar-refractivity contribution is -0.138. The molecule has 7 nitrogen and oxygen atoms in total. The van der Waals surface area contributed by atoms with Crippen molar-refractivity contribution in [1.29, 1.82) is 0 Å². The van der Waals surface area contributed by atoms with E-state index in [0.29, 0.717) is 21.4 Å². The maximum absolute atomic E-state index is 13.0. The number of fused-ring (bicyclic) bond motifs is 1. The largest absolute Gasteiger partial charge is 0.481 e. The number of hydrogen-bond donors (Lipinski definition) is 1. The monoisotopic (exact) mass is 458 g/mol. The van der Waals surface area contributed by atoms with Crippen molar-refractivity contribution in [2.45, 2.75) is 44.3 Å². The van der Waals surface area contributed by atoms with Crippen LogP contribution in [0.1, 0.15) is 47.0 Å². The summed E-state index contributed by atoms with van der Waals surface area (Å²) in [5.41, 5.74) is 2.10. The second-order valence-corrected chi connectivity index (χ2v) is 9.47. The van der Waals surface area contributed by atoms with Crippen molar-refractivity contribution in [3.05, 3.63) is 46.3 Å². The van der Waals surface area contributed by atoms with Crippen LogP contribution in [0.25, 0.3) is 0 Å². The maximum Gasteiger partial charge on any atom is 0.341 e. The number of benzene rings is 1. The van der Waals surface area contributed by atoms with Crippen molar-refractivity contribution in [3.8, 4) is 0 Å². The molecule has 4 rings (SSSR count). The van der Waals surface area contributed by atoms with Gasteiger partial charge in [-0.15, -0.1) is 11.3 Å². The highest BCUT2D eigenvalue weighted by Crippen LogP contribution is 2.43. The number of anilines is 1. The molecule has 1 aromatic carbocycles. The predicted molar refractivity (Wildman–Crippen MR) is 122 cm³/mol. The van der Waals surface area contributed by atoms with E-state index in [4.69, 9.17) is 9.73 Å². The van der Waals surface area contributed by atoms with Crippen molar-refractivity contribution in [2.75, 3.05) is 11.5 Å². The average Bonchev–Trinajstić information content (AvgIpc) is 3.25. The fraction of sp³-hybridized carbons (Fsp3) is 0.364. The Morgan fingerprint density at radius 1 is 1.23 bits per heavy atom. The molecular formula is C22H22N2O5S2. The standard InChI is InChI=1S/C22H22N2O5S2/c1-2-29-21(28)18-14-10-6-7-11-15(14)30-19(18)23-22-24(13-8-4-3-5-9-13)20(27)16(31-22)12-17(25)26/h3-5,8-9,16H,2,6-7,10-12H2,1H3,(H,25,26)/t16-/m1/s1. The number of ether oxygens (including phenoxy) is 1. The Balaban J connectivity index is 1.80. The minimum atomic E-state index is -1.04. The summed E-state index contributed by atoms with van der Waals surface area (Å²) in [4.78, 5) is 44.4. The second kappa shape index (κ2) is 9.23. The average molecular weight is 459 g/mol. The van der Waals surface area contributed by atoms with Crippen LogP contribution in [-0.4, -0.2) is 40.0 Å². The van der Waals surface area contributed by atoms with Crippen LogP contribution in [0.15, 0.2) is 35.3 Å². The summed E-state index contributed by atoms with van der Waals surface area (Å²) >= 11 is 2.59. The first-order valence-electron chi connectivity index (χ1n) is 10.2. The smallest absolute Gasteiger partial charge is 0.341 e. The molecule has 1 atom stereocenters. The van der Waals surface area contributed by atoms with Gasteiger partial charge in [-0.05, 0) is 50.3 Å². The number of esters is 1. The van der Waals surface area contributed by atoms with E-state index in [1.807, 2.05) is 18.2 Å². The molecule has 1 aliphatic carbocycles. The van der Waals surface area contributed by atoms with Gasteiger partial charge < -0.3 is 9.84 Å². The van der Waals surface area contributed by atoms with Crippen LogP contribution >= 0.6 is 23.1 Å². The third-order valence-electron chi connectivity index (χ3n) is 5.14. The Morgan fingerprint density at radius 3 is 2.68 bits per heavy atom. The lowest BCUT2D eigenvalue weighted by atomic mass is 9.95. The maximum atomic E-state index is 13.0. The number of aliphatic imine (C=N–C) groups is 1. The zero-order chi connectivity index (χ0) is 22.0. The van der Waals surface area contributed by atoms with Crippen LogP contribution in [0.5, 0.6) is 0 Å². The number of carboxylic acids is 1. The molecule has 0 unspecified atom stereocenters. The molecule has 9 heteroatoms. The SMILES string of the molecule is CCOC(=O)c1c(N=C2S[C@H](CC(=O)O)C(=O)N2c2ccccc2)sc2c1CCCC2. The third-order valence-corrected chi connectivity index (χ3v) is 7.46. The highest BCUT2D eigenvalue weighted by Gasteiger charge is 2.40. The Bertz CT molecular complexity index is 1050. The highest BCUT2D eigenvalue weighted by atomic mass is 32.2. The van der Waals surface area contributed by atoms with Gasteiger partial charge in [-0.1, -0.05) is 30.0 Å². The third kappa shape index (κ3) is 4.38. The molecule has 0 bridgehead atoms. The number of thioether (sulfide) groups is 1. The van der Waals surface area contributed by atoms with Crippen molar-refractivity contribution in [3.63, 3.8) is 0 Å². The molecular weight excluding hydrogens is 436 g/mol. The molecule has 2 aliphatic rings. The number of carbonyl (C=O) groups is 3. The van der Waals surface area contributed by atoms with Crippen LogP contribution in [-0.2, 0) is 27.2 Å². The van der Waals surface area contributed by atoms with Crippen LogP contribution in [0, 0.1) is 0 Å². The summed E-state index contributed by atoms with van der Waals surface area (Å²) in [5, 5.41) is 9.37. The molecule has 2 heterocycles. The number of hydrogen-bond acceptors (Lipinski definition) is 7. The number of para-hydroxylation sites is 1. The Hall–Kier alpha value is -2.65. The first kappa shape index (κ1) is 21.6. The lowest BCUT2D eigenvalue weighted by Gasteiger charge is -2.16. The minimum absolute atomic E-state index is 0.267. The second-order valence-electron chi connectivity index (χ2n) is 7.22. The molecule has 0 saturated carbocycles. The van der Waals surface area contributed by atoms with Crippen LogP contribution in [0.2, 0.25) is 0 Å². The Morgan fingerprint density at radius 2 is 1.97 bits per heavy atom. The van der Waals surface area contributed by atoms with Crippen LogP contribution in [0.4, 0.5) is 10.7 Å². The molecule has 0 radical (unpaired) electrons. The van der Waals surface area contributed by atoms with E-state index < -0.39 is 17.2 Å². The predicted octanol–water partition coefficient (Wildman–Crippen LogP) is 4.41. The fourth-order valence-electron chi connectivity index (χ4n) is 3.78. The summed E-state index contributed by atoms with van der Waals surface area (Å²) in [6.07, 6.45) is 3.48. The van der Waals surface area contributed by atoms with E-state index in [1.54, 1.807) is 19.1 Å². The summed E-state index contributed by atoms with van der Waals surface area (Å²) in [6, 6.07) is 9.02. The van der Waals surface area contributed by atoms with Crippen molar-refractivity contribution in [2.24, 2.45) is 4.99 Å². The van der Waals surface area contributed by atoms with Crippen molar-refractivity contribution >= 4 is 56.8 Å². The Kier molecular flexibility index (Phi) is 6.43. The molecule has 0 spiro atoms. The molecule has 1 aromatic heterocycles. The van der Waals surface area contributed by atoms with E-state index in [1.165, 1.54) is 16.2 Å². The number of amidine groups is 1. The van der Waals surface area contributed by atoms with Gasteiger partial charge in [0.15, 0.2) is 5.17 Å². The first-order valence-corrected chi connectivity index (χ1v) is 11.9. The van der Waals surface area contributed by atoms with Gasteiger partial charge in [0.25, 0.3) is 0 Å². The molecule has 162 valence electrons. The van der Waals surface area contributed by atoms with Gasteiger partial charge in [-0.2, -0.15) is 0 Å². The molecule has 1 N–H and O–H groups in total. The summed E-state index contributed by atoms with van der Waals surface area (Å²) in [5.74, 6) is -1.76. The molecule has 31 heavy (non-hydrogen) atoms. The minimum Gasteiger partial charge on any atom is -0.481 e. The molecule has 1 saturated heterocycles. The first-order chi connectivity index (χ1) is 15.0. The number of amides is 1. The summed E-state index contributed by atoms with van der Waals surface area (Å²) in [7, 11) is 0. The highest BCUT2D eigenvalue weighted by molar-refractivity contribution is 8.16. The van der Waals surface area contributed by atoms with E-state index >= 15 is 0 Å².